The summed E-state index contributed by atoms with van der Waals surface area (Å²) >= 11 is 0. The monoisotopic (exact) mass is 270 g/mol. The molecule has 0 bridgehead atoms. The van der Waals surface area contributed by atoms with E-state index in [4.69, 9.17) is 11.5 Å². The Balaban J connectivity index is 1.75. The molecule has 0 radical (unpaired) electrons. The molecule has 0 atom stereocenters. The number of nitrogens with one attached hydrogen (secondary N) is 2. The third-order valence-corrected chi connectivity index (χ3v) is 2.87. The van der Waals surface area contributed by atoms with Gasteiger partial charge in [0.1, 0.15) is 0 Å². The molecular weight excluding hydrogens is 252 g/mol. The van der Waals surface area contributed by atoms with Crippen molar-refractivity contribution < 1.29 is 4.79 Å². The minimum atomic E-state index is -0.210. The topological polar surface area (TPSA) is 93.2 Å². The summed E-state index contributed by atoms with van der Waals surface area (Å²) in [6, 6.07) is 14.6. The van der Waals surface area contributed by atoms with E-state index in [0.29, 0.717) is 24.5 Å². The zero-order chi connectivity index (χ0) is 14.4. The van der Waals surface area contributed by atoms with Gasteiger partial charge >= 0.3 is 6.03 Å². The van der Waals surface area contributed by atoms with Crippen molar-refractivity contribution in [1.82, 2.24) is 10.6 Å². The van der Waals surface area contributed by atoms with Crippen LogP contribution in [0.1, 0.15) is 11.1 Å². The van der Waals surface area contributed by atoms with E-state index in [9.17, 15) is 4.79 Å². The van der Waals surface area contributed by atoms with E-state index in [1.807, 2.05) is 48.5 Å². The molecule has 0 aliphatic rings. The number of urea groups is 1. The summed E-state index contributed by atoms with van der Waals surface area (Å²) in [6.45, 7) is 0.932. The number of anilines is 2. The van der Waals surface area contributed by atoms with Gasteiger partial charge in [-0.2, -0.15) is 0 Å². The number of benzene rings is 2. The highest BCUT2D eigenvalue weighted by atomic mass is 16.2. The van der Waals surface area contributed by atoms with Crippen LogP contribution in [0.25, 0.3) is 0 Å². The molecule has 6 N–H and O–H groups in total. The van der Waals surface area contributed by atoms with E-state index < -0.39 is 0 Å². The highest BCUT2D eigenvalue weighted by Crippen LogP contribution is 2.06. The lowest BCUT2D eigenvalue weighted by Gasteiger charge is -2.08. The van der Waals surface area contributed by atoms with Gasteiger partial charge in [0.2, 0.25) is 0 Å². The van der Waals surface area contributed by atoms with Gasteiger partial charge in [0.25, 0.3) is 0 Å². The lowest BCUT2D eigenvalue weighted by molar-refractivity contribution is 0.240. The molecule has 5 heteroatoms. The Morgan fingerprint density at radius 2 is 1.10 bits per heavy atom. The second-order valence-corrected chi connectivity index (χ2v) is 4.52. The summed E-state index contributed by atoms with van der Waals surface area (Å²) in [5.41, 5.74) is 14.6. The molecule has 2 aromatic carbocycles. The summed E-state index contributed by atoms with van der Waals surface area (Å²) in [5.74, 6) is 0. The van der Waals surface area contributed by atoms with E-state index in [1.54, 1.807) is 0 Å². The molecule has 0 saturated carbocycles. The van der Waals surface area contributed by atoms with E-state index in [0.717, 1.165) is 11.1 Å². The normalized spacial score (nSPS) is 10.0. The molecule has 0 heterocycles. The Hall–Kier alpha value is -2.69. The van der Waals surface area contributed by atoms with Crippen LogP contribution in [0.2, 0.25) is 0 Å². The Morgan fingerprint density at radius 3 is 1.45 bits per heavy atom. The van der Waals surface area contributed by atoms with Crippen LogP contribution in [0.3, 0.4) is 0 Å². The molecule has 2 amide bonds. The molecule has 2 rings (SSSR count). The maximum Gasteiger partial charge on any atom is 0.315 e. The molecule has 0 spiro atoms. The second kappa shape index (κ2) is 6.47. The van der Waals surface area contributed by atoms with Crippen LogP contribution < -0.4 is 22.1 Å². The zero-order valence-corrected chi connectivity index (χ0v) is 11.1. The molecule has 0 aromatic heterocycles. The number of nitrogen functional groups attached to an aromatic ring is 2. The average Bonchev–Trinajstić information content (AvgIpc) is 2.46. The van der Waals surface area contributed by atoms with Gasteiger partial charge < -0.3 is 22.1 Å². The van der Waals surface area contributed by atoms with Crippen LogP contribution in [-0.4, -0.2) is 6.03 Å². The lowest BCUT2D eigenvalue weighted by atomic mass is 10.2. The Kier molecular flexibility index (Phi) is 4.44. The van der Waals surface area contributed by atoms with Gasteiger partial charge in [-0.3, -0.25) is 0 Å². The van der Waals surface area contributed by atoms with E-state index >= 15 is 0 Å². The molecule has 104 valence electrons. The summed E-state index contributed by atoms with van der Waals surface area (Å²) < 4.78 is 0. The number of hydrogen-bond donors (Lipinski definition) is 4. The molecule has 0 saturated heterocycles. The molecule has 0 aliphatic heterocycles. The summed E-state index contributed by atoms with van der Waals surface area (Å²) in [7, 11) is 0. The summed E-state index contributed by atoms with van der Waals surface area (Å²) in [6.07, 6.45) is 0. The SMILES string of the molecule is Nc1ccc(CNC(=O)NCc2ccc(N)cc2)cc1. The lowest BCUT2D eigenvalue weighted by Crippen LogP contribution is -2.34. The van der Waals surface area contributed by atoms with Crippen molar-refractivity contribution in [2.45, 2.75) is 13.1 Å². The van der Waals surface area contributed by atoms with Gasteiger partial charge in [-0.15, -0.1) is 0 Å². The van der Waals surface area contributed by atoms with E-state index in [2.05, 4.69) is 10.6 Å². The molecular formula is C15H18N4O. The van der Waals surface area contributed by atoms with Gasteiger partial charge in [-0.25, -0.2) is 4.79 Å². The molecule has 0 aliphatic carbocycles. The third kappa shape index (κ3) is 4.20. The van der Waals surface area contributed by atoms with E-state index in [1.165, 1.54) is 0 Å². The number of rotatable bonds is 4. The summed E-state index contributed by atoms with van der Waals surface area (Å²) in [4.78, 5) is 11.7. The maximum absolute atomic E-state index is 11.7. The first-order valence-corrected chi connectivity index (χ1v) is 6.34. The van der Waals surface area contributed by atoms with Crippen molar-refractivity contribution in [3.63, 3.8) is 0 Å². The number of amides is 2. The zero-order valence-electron chi connectivity index (χ0n) is 11.1. The Labute approximate surface area is 118 Å². The molecule has 5 nitrogen and oxygen atoms in total. The number of carbonyl (C=O) groups is 1. The van der Waals surface area contributed by atoms with Crippen LogP contribution in [-0.2, 0) is 13.1 Å². The first kappa shape index (κ1) is 13.7. The highest BCUT2D eigenvalue weighted by Gasteiger charge is 2.00. The predicted molar refractivity (Wildman–Crippen MR) is 80.8 cm³/mol. The van der Waals surface area contributed by atoms with Crippen LogP contribution in [0.4, 0.5) is 16.2 Å². The summed E-state index contributed by atoms with van der Waals surface area (Å²) in [5, 5.41) is 5.57. The molecule has 0 unspecified atom stereocenters. The van der Waals surface area contributed by atoms with Crippen LogP contribution in [0.5, 0.6) is 0 Å². The van der Waals surface area contributed by atoms with Gasteiger partial charge in [-0.05, 0) is 35.4 Å². The first-order chi connectivity index (χ1) is 9.63. The van der Waals surface area contributed by atoms with Crippen molar-refractivity contribution >= 4 is 17.4 Å². The fourth-order valence-electron chi connectivity index (χ4n) is 1.70. The Bertz CT molecular complexity index is 512. The first-order valence-electron chi connectivity index (χ1n) is 6.34. The smallest absolute Gasteiger partial charge is 0.315 e. The minimum absolute atomic E-state index is 0.210. The van der Waals surface area contributed by atoms with Crippen molar-refractivity contribution in [1.29, 1.82) is 0 Å². The maximum atomic E-state index is 11.7. The standard InChI is InChI=1S/C15H18N4O/c16-13-5-1-11(2-6-13)9-18-15(20)19-10-12-3-7-14(17)8-4-12/h1-8H,9-10,16-17H2,(H2,18,19,20). The Morgan fingerprint density at radius 1 is 0.750 bits per heavy atom. The average molecular weight is 270 g/mol. The minimum Gasteiger partial charge on any atom is -0.399 e. The third-order valence-electron chi connectivity index (χ3n) is 2.87. The quantitative estimate of drug-likeness (QED) is 0.639. The van der Waals surface area contributed by atoms with Crippen molar-refractivity contribution in [3.05, 3.63) is 59.7 Å². The second-order valence-electron chi connectivity index (χ2n) is 4.52. The van der Waals surface area contributed by atoms with Crippen LogP contribution in [0.15, 0.2) is 48.5 Å². The van der Waals surface area contributed by atoms with Crippen molar-refractivity contribution in [2.75, 3.05) is 11.5 Å². The van der Waals surface area contributed by atoms with E-state index in [-0.39, 0.29) is 6.03 Å². The van der Waals surface area contributed by atoms with Gasteiger partial charge in [0.15, 0.2) is 0 Å². The van der Waals surface area contributed by atoms with Gasteiger partial charge in [0, 0.05) is 24.5 Å². The number of carbonyl (C=O) groups excluding carboxylic acids is 1. The van der Waals surface area contributed by atoms with Gasteiger partial charge in [0.05, 0.1) is 0 Å². The predicted octanol–water partition coefficient (Wildman–Crippen LogP) is 1.85. The highest BCUT2D eigenvalue weighted by molar-refractivity contribution is 5.73. The fraction of sp³-hybridized carbons (Fsp3) is 0.133. The van der Waals surface area contributed by atoms with Crippen LogP contribution >= 0.6 is 0 Å². The number of nitrogens with two attached hydrogens (primary N) is 2. The van der Waals surface area contributed by atoms with Crippen molar-refractivity contribution in [3.8, 4) is 0 Å². The largest absolute Gasteiger partial charge is 0.399 e. The van der Waals surface area contributed by atoms with Crippen molar-refractivity contribution in [2.24, 2.45) is 0 Å². The molecule has 2 aromatic rings. The fourth-order valence-corrected chi connectivity index (χ4v) is 1.70. The van der Waals surface area contributed by atoms with Crippen LogP contribution in [0, 0.1) is 0 Å². The van der Waals surface area contributed by atoms with Gasteiger partial charge in [-0.1, -0.05) is 24.3 Å². The molecule has 0 fully saturated rings. The number of hydrogen-bond acceptors (Lipinski definition) is 3. The molecule has 20 heavy (non-hydrogen) atoms.